The smallest absolute Gasteiger partial charge is 0.202 e. The van der Waals surface area contributed by atoms with E-state index in [1.807, 2.05) is 13.0 Å². The van der Waals surface area contributed by atoms with Crippen LogP contribution in [0.1, 0.15) is 23.9 Å². The lowest BCUT2D eigenvalue weighted by Crippen LogP contribution is -2.25. The van der Waals surface area contributed by atoms with E-state index >= 15 is 0 Å². The highest BCUT2D eigenvalue weighted by Crippen LogP contribution is 2.16. The first-order valence-corrected chi connectivity index (χ1v) is 6.89. The minimum absolute atomic E-state index is 0.0760. The van der Waals surface area contributed by atoms with E-state index in [-0.39, 0.29) is 11.9 Å². The van der Waals surface area contributed by atoms with Crippen LogP contribution in [0.3, 0.4) is 0 Å². The van der Waals surface area contributed by atoms with E-state index in [9.17, 15) is 4.39 Å². The van der Waals surface area contributed by atoms with E-state index in [2.05, 4.69) is 14.7 Å². The van der Waals surface area contributed by atoms with Crippen molar-refractivity contribution in [1.82, 2.24) is 9.36 Å². The Kier molecular flexibility index (Phi) is 4.44. The predicted octanol–water partition coefficient (Wildman–Crippen LogP) is 2.34. The summed E-state index contributed by atoms with van der Waals surface area (Å²) in [5, 5.41) is 3.90. The van der Waals surface area contributed by atoms with Crippen molar-refractivity contribution < 1.29 is 4.39 Å². The third kappa shape index (κ3) is 3.97. The molecule has 0 bridgehead atoms. The number of rotatable bonds is 5. The molecule has 0 saturated heterocycles. The van der Waals surface area contributed by atoms with Gasteiger partial charge in [0.05, 0.1) is 0 Å². The van der Waals surface area contributed by atoms with E-state index in [4.69, 9.17) is 5.73 Å². The lowest BCUT2D eigenvalue weighted by atomic mass is 10.1. The second-order valence-corrected chi connectivity index (χ2v) is 5.39. The Balaban J connectivity index is 2.01. The predicted molar refractivity (Wildman–Crippen MR) is 76.0 cm³/mol. The van der Waals surface area contributed by atoms with Gasteiger partial charge in [0.15, 0.2) is 0 Å². The molecule has 0 fully saturated rings. The van der Waals surface area contributed by atoms with Crippen molar-refractivity contribution in [3.63, 3.8) is 0 Å². The highest BCUT2D eigenvalue weighted by Gasteiger charge is 2.06. The van der Waals surface area contributed by atoms with E-state index < -0.39 is 0 Å². The molecular formula is C13H17FN4S. The normalized spacial score (nSPS) is 12.4. The first-order chi connectivity index (χ1) is 9.04. The highest BCUT2D eigenvalue weighted by atomic mass is 32.1. The van der Waals surface area contributed by atoms with Crippen LogP contribution in [0, 0.1) is 12.7 Å². The lowest BCUT2D eigenvalue weighted by Gasteiger charge is -2.04. The Morgan fingerprint density at radius 3 is 2.95 bits per heavy atom. The summed E-state index contributed by atoms with van der Waals surface area (Å²) in [6.07, 6.45) is 0.609. The molecule has 2 aromatic rings. The molecule has 0 spiro atoms. The molecule has 0 amide bonds. The number of aryl methyl sites for hydroxylation is 1. The standard InChI is InChI=1S/C13H17FN4S/c1-8-5-10(3-4-11(8)14)6-12-17-13(19-18-12)16-7-9(2)15/h3-5,9H,6-7,15H2,1-2H3,(H,16,17,18). The SMILES string of the molecule is Cc1cc(Cc2nsc(NCC(C)N)n2)ccc1F. The minimum Gasteiger partial charge on any atom is -0.359 e. The molecule has 0 radical (unpaired) electrons. The quantitative estimate of drug-likeness (QED) is 0.882. The summed E-state index contributed by atoms with van der Waals surface area (Å²) in [5.74, 6) is 0.553. The van der Waals surface area contributed by atoms with Crippen LogP contribution in [0.15, 0.2) is 18.2 Å². The molecule has 0 aliphatic rings. The van der Waals surface area contributed by atoms with Crippen molar-refractivity contribution in [1.29, 1.82) is 0 Å². The number of halogens is 1. The molecule has 19 heavy (non-hydrogen) atoms. The maximum atomic E-state index is 13.2. The Hall–Kier alpha value is -1.53. The number of benzene rings is 1. The van der Waals surface area contributed by atoms with Crippen molar-refractivity contribution in [3.05, 3.63) is 41.0 Å². The molecule has 0 saturated carbocycles. The molecular weight excluding hydrogens is 263 g/mol. The number of hydrogen-bond donors (Lipinski definition) is 2. The zero-order valence-corrected chi connectivity index (χ0v) is 11.8. The lowest BCUT2D eigenvalue weighted by molar-refractivity contribution is 0.617. The fraction of sp³-hybridized carbons (Fsp3) is 0.385. The van der Waals surface area contributed by atoms with Gasteiger partial charge in [-0.15, -0.1) is 0 Å². The van der Waals surface area contributed by atoms with Gasteiger partial charge in [-0.05, 0) is 31.0 Å². The maximum Gasteiger partial charge on any atom is 0.202 e. The van der Waals surface area contributed by atoms with Crippen molar-refractivity contribution in [2.45, 2.75) is 26.3 Å². The van der Waals surface area contributed by atoms with Gasteiger partial charge in [-0.25, -0.2) is 9.37 Å². The van der Waals surface area contributed by atoms with Gasteiger partial charge in [0, 0.05) is 30.5 Å². The summed E-state index contributed by atoms with van der Waals surface area (Å²) in [6.45, 7) is 4.35. The summed E-state index contributed by atoms with van der Waals surface area (Å²) in [4.78, 5) is 4.38. The molecule has 4 nitrogen and oxygen atoms in total. The maximum absolute atomic E-state index is 13.2. The van der Waals surface area contributed by atoms with E-state index in [0.717, 1.165) is 16.5 Å². The molecule has 1 unspecified atom stereocenters. The largest absolute Gasteiger partial charge is 0.359 e. The van der Waals surface area contributed by atoms with Crippen LogP contribution in [-0.4, -0.2) is 21.9 Å². The zero-order valence-electron chi connectivity index (χ0n) is 11.0. The fourth-order valence-electron chi connectivity index (χ4n) is 1.65. The van der Waals surface area contributed by atoms with E-state index in [0.29, 0.717) is 18.5 Å². The van der Waals surface area contributed by atoms with Crippen molar-refractivity contribution in [3.8, 4) is 0 Å². The van der Waals surface area contributed by atoms with Crippen molar-refractivity contribution in [2.24, 2.45) is 5.73 Å². The summed E-state index contributed by atoms with van der Waals surface area (Å²) >= 11 is 1.32. The molecule has 2 rings (SSSR count). The van der Waals surface area contributed by atoms with Crippen LogP contribution >= 0.6 is 11.5 Å². The highest BCUT2D eigenvalue weighted by molar-refractivity contribution is 7.09. The van der Waals surface area contributed by atoms with Gasteiger partial charge in [-0.1, -0.05) is 12.1 Å². The number of nitrogens with two attached hydrogens (primary N) is 1. The molecule has 3 N–H and O–H groups in total. The van der Waals surface area contributed by atoms with Crippen LogP contribution in [0.5, 0.6) is 0 Å². The van der Waals surface area contributed by atoms with Gasteiger partial charge in [0.2, 0.25) is 5.13 Å². The van der Waals surface area contributed by atoms with Crippen LogP contribution < -0.4 is 11.1 Å². The van der Waals surface area contributed by atoms with Gasteiger partial charge in [0.1, 0.15) is 11.6 Å². The van der Waals surface area contributed by atoms with E-state index in [1.165, 1.54) is 17.6 Å². The Morgan fingerprint density at radius 1 is 1.47 bits per heavy atom. The molecule has 1 aromatic carbocycles. The van der Waals surface area contributed by atoms with Crippen molar-refractivity contribution >= 4 is 16.7 Å². The Labute approximate surface area is 116 Å². The summed E-state index contributed by atoms with van der Waals surface area (Å²) < 4.78 is 17.4. The number of hydrogen-bond acceptors (Lipinski definition) is 5. The van der Waals surface area contributed by atoms with Crippen LogP contribution in [0.2, 0.25) is 0 Å². The van der Waals surface area contributed by atoms with Gasteiger partial charge in [-0.3, -0.25) is 0 Å². The first kappa shape index (κ1) is 13.9. The number of nitrogens with one attached hydrogen (secondary N) is 1. The summed E-state index contributed by atoms with van der Waals surface area (Å²) in [5.41, 5.74) is 7.31. The van der Waals surface area contributed by atoms with Crippen LogP contribution in [-0.2, 0) is 6.42 Å². The molecule has 102 valence electrons. The summed E-state index contributed by atoms with van der Waals surface area (Å²) in [6, 6.07) is 5.14. The third-order valence-corrected chi connectivity index (χ3v) is 3.34. The number of aromatic nitrogens is 2. The average Bonchev–Trinajstić information content (AvgIpc) is 2.79. The second kappa shape index (κ2) is 6.08. The molecule has 1 aromatic heterocycles. The molecule has 6 heteroatoms. The number of nitrogens with zero attached hydrogens (tertiary/aromatic N) is 2. The monoisotopic (exact) mass is 280 g/mol. The molecule has 1 atom stereocenters. The van der Waals surface area contributed by atoms with Gasteiger partial charge in [0.25, 0.3) is 0 Å². The van der Waals surface area contributed by atoms with Gasteiger partial charge in [-0.2, -0.15) is 4.37 Å². The van der Waals surface area contributed by atoms with Gasteiger partial charge < -0.3 is 11.1 Å². The summed E-state index contributed by atoms with van der Waals surface area (Å²) in [7, 11) is 0. The van der Waals surface area contributed by atoms with Crippen LogP contribution in [0.25, 0.3) is 0 Å². The van der Waals surface area contributed by atoms with E-state index in [1.54, 1.807) is 13.0 Å². The first-order valence-electron chi connectivity index (χ1n) is 6.11. The van der Waals surface area contributed by atoms with Crippen molar-refractivity contribution in [2.75, 3.05) is 11.9 Å². The number of anilines is 1. The topological polar surface area (TPSA) is 63.8 Å². The molecule has 0 aliphatic heterocycles. The Bertz CT molecular complexity index is 553. The Morgan fingerprint density at radius 2 is 2.26 bits per heavy atom. The average molecular weight is 280 g/mol. The molecule has 1 heterocycles. The fourth-order valence-corrected chi connectivity index (χ4v) is 2.24. The van der Waals surface area contributed by atoms with Gasteiger partial charge >= 0.3 is 0 Å². The third-order valence-electron chi connectivity index (χ3n) is 2.63. The minimum atomic E-state index is -0.186. The zero-order chi connectivity index (χ0) is 13.8. The second-order valence-electron chi connectivity index (χ2n) is 4.63. The molecule has 0 aliphatic carbocycles. The van der Waals surface area contributed by atoms with Crippen LogP contribution in [0.4, 0.5) is 9.52 Å².